The lowest BCUT2D eigenvalue weighted by Crippen LogP contribution is -2.23. The van der Waals surface area contributed by atoms with Crippen molar-refractivity contribution in [3.8, 4) is 0 Å². The number of nitrogens with zero attached hydrogens (tertiary/aromatic N) is 1. The van der Waals surface area contributed by atoms with Crippen molar-refractivity contribution in [3.63, 3.8) is 0 Å². The number of rotatable bonds is 3. The van der Waals surface area contributed by atoms with Crippen LogP contribution in [0.15, 0.2) is 18.2 Å². The van der Waals surface area contributed by atoms with E-state index in [-0.39, 0.29) is 18.0 Å². The summed E-state index contributed by atoms with van der Waals surface area (Å²) in [5, 5.41) is 3.79. The average Bonchev–Trinajstić information content (AvgIpc) is 2.67. The SMILES string of the molecule is Cc1nc(C)c(C(=O)NCc2c(F)cccc2Cl)s1. The van der Waals surface area contributed by atoms with Crippen molar-refractivity contribution in [2.45, 2.75) is 20.4 Å². The Kier molecular flexibility index (Phi) is 4.17. The van der Waals surface area contributed by atoms with Crippen LogP contribution < -0.4 is 5.32 Å². The first kappa shape index (κ1) is 14.0. The monoisotopic (exact) mass is 298 g/mol. The second-order valence-electron chi connectivity index (χ2n) is 4.03. The molecule has 0 aliphatic carbocycles. The summed E-state index contributed by atoms with van der Waals surface area (Å²) in [5.41, 5.74) is 0.969. The maximum Gasteiger partial charge on any atom is 0.263 e. The smallest absolute Gasteiger partial charge is 0.263 e. The Morgan fingerprint density at radius 1 is 1.47 bits per heavy atom. The summed E-state index contributed by atoms with van der Waals surface area (Å²) >= 11 is 7.21. The first-order valence-electron chi connectivity index (χ1n) is 5.64. The van der Waals surface area contributed by atoms with Gasteiger partial charge in [-0.25, -0.2) is 9.37 Å². The zero-order chi connectivity index (χ0) is 14.0. The van der Waals surface area contributed by atoms with Gasteiger partial charge in [0.05, 0.1) is 10.7 Å². The average molecular weight is 299 g/mol. The Hall–Kier alpha value is -1.46. The van der Waals surface area contributed by atoms with Crippen molar-refractivity contribution in [2.75, 3.05) is 0 Å². The molecule has 0 aliphatic rings. The van der Waals surface area contributed by atoms with E-state index in [4.69, 9.17) is 11.6 Å². The summed E-state index contributed by atoms with van der Waals surface area (Å²) in [7, 11) is 0. The van der Waals surface area contributed by atoms with Crippen LogP contribution in [0.2, 0.25) is 5.02 Å². The molecule has 0 fully saturated rings. The number of aryl methyl sites for hydroxylation is 2. The Morgan fingerprint density at radius 2 is 2.21 bits per heavy atom. The summed E-state index contributed by atoms with van der Waals surface area (Å²) < 4.78 is 13.5. The van der Waals surface area contributed by atoms with Gasteiger partial charge in [-0.15, -0.1) is 11.3 Å². The van der Waals surface area contributed by atoms with E-state index in [0.717, 1.165) is 5.01 Å². The van der Waals surface area contributed by atoms with Crippen molar-refractivity contribution in [1.29, 1.82) is 0 Å². The van der Waals surface area contributed by atoms with Gasteiger partial charge in [0.15, 0.2) is 0 Å². The van der Waals surface area contributed by atoms with Gasteiger partial charge < -0.3 is 5.32 Å². The van der Waals surface area contributed by atoms with Crippen LogP contribution in [0.25, 0.3) is 0 Å². The van der Waals surface area contributed by atoms with Crippen LogP contribution in [0.3, 0.4) is 0 Å². The summed E-state index contributed by atoms with van der Waals surface area (Å²) in [6.45, 7) is 3.66. The first-order valence-corrected chi connectivity index (χ1v) is 6.83. The fourth-order valence-electron chi connectivity index (χ4n) is 1.69. The summed E-state index contributed by atoms with van der Waals surface area (Å²) in [5.74, 6) is -0.688. The van der Waals surface area contributed by atoms with Crippen LogP contribution in [0.1, 0.15) is 25.9 Å². The summed E-state index contributed by atoms with van der Waals surface area (Å²) in [6, 6.07) is 4.43. The molecule has 19 heavy (non-hydrogen) atoms. The number of carbonyl (C=O) groups is 1. The number of nitrogens with one attached hydrogen (secondary N) is 1. The number of aromatic nitrogens is 1. The van der Waals surface area contributed by atoms with Gasteiger partial charge in [0.25, 0.3) is 5.91 Å². The van der Waals surface area contributed by atoms with Gasteiger partial charge >= 0.3 is 0 Å². The van der Waals surface area contributed by atoms with E-state index in [2.05, 4.69) is 10.3 Å². The topological polar surface area (TPSA) is 42.0 Å². The van der Waals surface area contributed by atoms with Crippen molar-refractivity contribution in [2.24, 2.45) is 0 Å². The lowest BCUT2D eigenvalue weighted by Gasteiger charge is -2.07. The minimum atomic E-state index is -0.426. The molecule has 0 atom stereocenters. The molecule has 1 heterocycles. The number of carbonyl (C=O) groups excluding carboxylic acids is 1. The lowest BCUT2D eigenvalue weighted by atomic mass is 10.2. The molecule has 0 saturated heterocycles. The maximum atomic E-state index is 13.5. The van der Waals surface area contributed by atoms with Gasteiger partial charge in [-0.2, -0.15) is 0 Å². The van der Waals surface area contributed by atoms with E-state index in [1.54, 1.807) is 13.0 Å². The lowest BCUT2D eigenvalue weighted by molar-refractivity contribution is 0.0954. The molecule has 0 spiro atoms. The molecule has 3 nitrogen and oxygen atoms in total. The molecule has 100 valence electrons. The number of halogens is 2. The van der Waals surface area contributed by atoms with Crippen LogP contribution in [-0.2, 0) is 6.54 Å². The zero-order valence-corrected chi connectivity index (χ0v) is 12.0. The number of benzene rings is 1. The minimum Gasteiger partial charge on any atom is -0.347 e. The second-order valence-corrected chi connectivity index (χ2v) is 5.64. The third-order valence-electron chi connectivity index (χ3n) is 2.60. The van der Waals surface area contributed by atoms with Crippen molar-refractivity contribution in [3.05, 3.63) is 50.2 Å². The Labute approximate surface area is 119 Å². The molecule has 1 N–H and O–H groups in total. The van der Waals surface area contributed by atoms with Crippen molar-refractivity contribution < 1.29 is 9.18 Å². The normalized spacial score (nSPS) is 10.5. The largest absolute Gasteiger partial charge is 0.347 e. The van der Waals surface area contributed by atoms with Crippen molar-refractivity contribution >= 4 is 28.8 Å². The van der Waals surface area contributed by atoms with Gasteiger partial charge in [0, 0.05) is 17.1 Å². The third kappa shape index (κ3) is 3.11. The van der Waals surface area contributed by atoms with Gasteiger partial charge in [-0.3, -0.25) is 4.79 Å². The fourth-order valence-corrected chi connectivity index (χ4v) is 2.76. The molecule has 0 radical (unpaired) electrons. The molecule has 0 saturated carbocycles. The van der Waals surface area contributed by atoms with Crippen molar-refractivity contribution in [1.82, 2.24) is 10.3 Å². The van der Waals surface area contributed by atoms with Crippen LogP contribution in [0, 0.1) is 19.7 Å². The second kappa shape index (κ2) is 5.67. The number of thiazole rings is 1. The van der Waals surface area contributed by atoms with Crippen LogP contribution >= 0.6 is 22.9 Å². The molecule has 0 aliphatic heterocycles. The van der Waals surface area contributed by atoms with E-state index in [0.29, 0.717) is 15.6 Å². The van der Waals surface area contributed by atoms with E-state index in [1.165, 1.54) is 23.5 Å². The molecule has 0 unspecified atom stereocenters. The molecule has 0 bridgehead atoms. The molecule has 1 aromatic carbocycles. The van der Waals surface area contributed by atoms with Crippen LogP contribution in [-0.4, -0.2) is 10.9 Å². The van der Waals surface area contributed by atoms with Crippen LogP contribution in [0.5, 0.6) is 0 Å². The highest BCUT2D eigenvalue weighted by atomic mass is 35.5. The Balaban J connectivity index is 2.11. The molecule has 2 rings (SSSR count). The minimum absolute atomic E-state index is 0.0563. The van der Waals surface area contributed by atoms with E-state index >= 15 is 0 Å². The highest BCUT2D eigenvalue weighted by Crippen LogP contribution is 2.20. The standard InChI is InChI=1S/C13H12ClFN2OS/c1-7-12(19-8(2)17-7)13(18)16-6-9-10(14)4-3-5-11(9)15/h3-5H,6H2,1-2H3,(H,16,18). The van der Waals surface area contributed by atoms with Gasteiger partial charge in [0.1, 0.15) is 10.7 Å². The highest BCUT2D eigenvalue weighted by Gasteiger charge is 2.15. The quantitative estimate of drug-likeness (QED) is 0.942. The van der Waals surface area contributed by atoms with Gasteiger partial charge in [0.2, 0.25) is 0 Å². The molecule has 1 aromatic heterocycles. The van der Waals surface area contributed by atoms with Gasteiger partial charge in [-0.05, 0) is 26.0 Å². The van der Waals surface area contributed by atoms with E-state index in [1.807, 2.05) is 6.92 Å². The summed E-state index contributed by atoms with van der Waals surface area (Å²) in [4.78, 5) is 16.7. The van der Waals surface area contributed by atoms with E-state index in [9.17, 15) is 9.18 Å². The first-order chi connectivity index (χ1) is 8.99. The highest BCUT2D eigenvalue weighted by molar-refractivity contribution is 7.13. The number of hydrogen-bond donors (Lipinski definition) is 1. The fraction of sp³-hybridized carbons (Fsp3) is 0.231. The predicted octanol–water partition coefficient (Wildman–Crippen LogP) is 3.48. The molecular weight excluding hydrogens is 287 g/mol. The number of amides is 1. The molecular formula is C13H12ClFN2OS. The van der Waals surface area contributed by atoms with Crippen LogP contribution in [0.4, 0.5) is 4.39 Å². The Morgan fingerprint density at radius 3 is 2.79 bits per heavy atom. The Bertz CT molecular complexity index is 607. The van der Waals surface area contributed by atoms with Gasteiger partial charge in [-0.1, -0.05) is 17.7 Å². The maximum absolute atomic E-state index is 13.5. The molecule has 6 heteroatoms. The number of hydrogen-bond acceptors (Lipinski definition) is 3. The third-order valence-corrected chi connectivity index (χ3v) is 4.02. The van der Waals surface area contributed by atoms with E-state index < -0.39 is 5.82 Å². The molecule has 1 amide bonds. The predicted molar refractivity (Wildman–Crippen MR) is 74.2 cm³/mol. The summed E-state index contributed by atoms with van der Waals surface area (Å²) in [6.07, 6.45) is 0. The zero-order valence-electron chi connectivity index (χ0n) is 10.5. The molecule has 2 aromatic rings.